The van der Waals surface area contributed by atoms with Crippen LogP contribution in [0.1, 0.15) is 29.6 Å². The predicted molar refractivity (Wildman–Crippen MR) is 98.1 cm³/mol. The van der Waals surface area contributed by atoms with Gasteiger partial charge >= 0.3 is 0 Å². The van der Waals surface area contributed by atoms with Gasteiger partial charge in [-0.1, -0.05) is 0 Å². The summed E-state index contributed by atoms with van der Waals surface area (Å²) in [6, 6.07) is 4.61. The molecule has 144 valence electrons. The Bertz CT molecular complexity index is 752. The van der Waals surface area contributed by atoms with Crippen molar-refractivity contribution in [3.05, 3.63) is 23.8 Å². The molecular formula is C18H28N3O4S+. The van der Waals surface area contributed by atoms with Gasteiger partial charge in [-0.2, -0.15) is 4.31 Å². The lowest BCUT2D eigenvalue weighted by molar-refractivity contribution is -0.883. The molecule has 1 aromatic rings. The van der Waals surface area contributed by atoms with Crippen molar-refractivity contribution in [3.63, 3.8) is 0 Å². The number of likely N-dealkylation sites (N-methyl/N-ethyl adjacent to an activating group) is 1. The third-order valence-corrected chi connectivity index (χ3v) is 7.15. The summed E-state index contributed by atoms with van der Waals surface area (Å²) < 4.78 is 32.8. The number of sulfonamides is 1. The van der Waals surface area contributed by atoms with E-state index in [1.807, 2.05) is 0 Å². The van der Waals surface area contributed by atoms with Crippen LogP contribution >= 0.6 is 0 Å². The number of carbonyl (C=O) groups excluding carboxylic acids is 1. The van der Waals surface area contributed by atoms with Crippen molar-refractivity contribution in [1.29, 1.82) is 0 Å². The van der Waals surface area contributed by atoms with E-state index in [9.17, 15) is 13.2 Å². The molecule has 2 saturated heterocycles. The van der Waals surface area contributed by atoms with E-state index in [1.165, 1.54) is 28.4 Å². The Balaban J connectivity index is 1.90. The minimum absolute atomic E-state index is 0.151. The highest BCUT2D eigenvalue weighted by molar-refractivity contribution is 7.89. The van der Waals surface area contributed by atoms with Gasteiger partial charge in [-0.3, -0.25) is 4.79 Å². The third-order valence-electron chi connectivity index (χ3n) is 5.26. The van der Waals surface area contributed by atoms with E-state index in [4.69, 9.17) is 4.74 Å². The fourth-order valence-corrected chi connectivity index (χ4v) is 5.01. The molecule has 1 N–H and O–H groups in total. The molecule has 0 aromatic heterocycles. The highest BCUT2D eigenvalue weighted by Gasteiger charge is 2.31. The van der Waals surface area contributed by atoms with Gasteiger partial charge in [0.2, 0.25) is 10.0 Å². The number of amides is 1. The molecule has 2 fully saturated rings. The number of piperidine rings is 1. The van der Waals surface area contributed by atoms with Crippen molar-refractivity contribution in [3.8, 4) is 5.75 Å². The highest BCUT2D eigenvalue weighted by Crippen LogP contribution is 2.27. The molecule has 7 nitrogen and oxygen atoms in total. The van der Waals surface area contributed by atoms with Crippen LogP contribution in [0, 0.1) is 0 Å². The summed E-state index contributed by atoms with van der Waals surface area (Å²) in [5.74, 6) is 0.267. The second-order valence-electron chi connectivity index (χ2n) is 7.08. The van der Waals surface area contributed by atoms with E-state index >= 15 is 0 Å². The van der Waals surface area contributed by atoms with Gasteiger partial charge in [0.1, 0.15) is 5.75 Å². The zero-order chi connectivity index (χ0) is 18.7. The first-order valence-corrected chi connectivity index (χ1v) is 10.7. The molecule has 0 spiro atoms. The average molecular weight is 383 g/mol. The summed E-state index contributed by atoms with van der Waals surface area (Å²) in [5, 5.41) is 0. The van der Waals surface area contributed by atoms with E-state index in [-0.39, 0.29) is 10.8 Å². The fourth-order valence-electron chi connectivity index (χ4n) is 3.54. The van der Waals surface area contributed by atoms with Crippen LogP contribution in [0.15, 0.2) is 23.1 Å². The van der Waals surface area contributed by atoms with Crippen molar-refractivity contribution in [1.82, 2.24) is 9.21 Å². The molecule has 1 amide bonds. The maximum Gasteiger partial charge on any atom is 0.257 e. The van der Waals surface area contributed by atoms with Crippen LogP contribution in [-0.2, 0) is 10.0 Å². The number of likely N-dealkylation sites (tertiary alicyclic amines) is 1. The number of piperazine rings is 1. The molecule has 0 aliphatic carbocycles. The Labute approximate surface area is 155 Å². The average Bonchev–Trinajstić information content (AvgIpc) is 2.68. The molecule has 0 radical (unpaired) electrons. The SMILES string of the molecule is COc1ccc(S(=O)(=O)N2CC[NH+](C)CC2)cc1C(=O)N1CCCCC1. The number of ether oxygens (including phenoxy) is 1. The molecule has 1 aromatic carbocycles. The number of hydrogen-bond acceptors (Lipinski definition) is 4. The lowest BCUT2D eigenvalue weighted by atomic mass is 10.1. The van der Waals surface area contributed by atoms with Gasteiger partial charge in [-0.05, 0) is 37.5 Å². The number of carbonyl (C=O) groups is 1. The van der Waals surface area contributed by atoms with Gasteiger partial charge in [0.05, 0.1) is 50.8 Å². The first-order chi connectivity index (χ1) is 12.4. The topological polar surface area (TPSA) is 71.4 Å². The molecule has 3 rings (SSSR count). The maximum atomic E-state index is 13.0. The number of benzene rings is 1. The molecule has 0 atom stereocenters. The summed E-state index contributed by atoms with van der Waals surface area (Å²) in [5.41, 5.74) is 0.329. The van der Waals surface area contributed by atoms with E-state index in [2.05, 4.69) is 7.05 Å². The van der Waals surface area contributed by atoms with Crippen LogP contribution in [-0.4, -0.2) is 77.0 Å². The smallest absolute Gasteiger partial charge is 0.257 e. The lowest BCUT2D eigenvalue weighted by Crippen LogP contribution is -3.12. The zero-order valence-electron chi connectivity index (χ0n) is 15.5. The van der Waals surface area contributed by atoms with Crippen molar-refractivity contribution in [2.24, 2.45) is 0 Å². The summed E-state index contributed by atoms with van der Waals surface area (Å²) >= 11 is 0. The molecule has 2 aliphatic rings. The largest absolute Gasteiger partial charge is 0.496 e. The van der Waals surface area contributed by atoms with Crippen LogP contribution in [0.3, 0.4) is 0 Å². The van der Waals surface area contributed by atoms with Crippen molar-refractivity contribution in [2.75, 3.05) is 53.4 Å². The summed E-state index contributed by atoms with van der Waals surface area (Å²) in [4.78, 5) is 16.2. The van der Waals surface area contributed by atoms with Gasteiger partial charge in [-0.25, -0.2) is 8.42 Å². The second-order valence-corrected chi connectivity index (χ2v) is 9.01. The number of nitrogens with one attached hydrogen (secondary N) is 1. The van der Waals surface area contributed by atoms with Gasteiger partial charge < -0.3 is 14.5 Å². The maximum absolute atomic E-state index is 13.0. The van der Waals surface area contributed by atoms with E-state index < -0.39 is 10.0 Å². The predicted octanol–water partition coefficient (Wildman–Crippen LogP) is -0.160. The van der Waals surface area contributed by atoms with E-state index in [1.54, 1.807) is 11.0 Å². The van der Waals surface area contributed by atoms with Gasteiger partial charge in [-0.15, -0.1) is 0 Å². The molecule has 26 heavy (non-hydrogen) atoms. The van der Waals surface area contributed by atoms with Crippen LogP contribution in [0.4, 0.5) is 0 Å². The number of methoxy groups -OCH3 is 1. The minimum atomic E-state index is -3.60. The second kappa shape index (κ2) is 7.94. The zero-order valence-corrected chi connectivity index (χ0v) is 16.3. The van der Waals surface area contributed by atoms with Crippen LogP contribution in [0.25, 0.3) is 0 Å². The molecule has 0 saturated carbocycles. The fraction of sp³-hybridized carbons (Fsp3) is 0.611. The molecule has 2 heterocycles. The number of nitrogens with zero attached hydrogens (tertiary/aromatic N) is 2. The lowest BCUT2D eigenvalue weighted by Gasteiger charge is -2.30. The van der Waals surface area contributed by atoms with Crippen LogP contribution in [0.5, 0.6) is 5.75 Å². The van der Waals surface area contributed by atoms with Gasteiger partial charge in [0, 0.05) is 13.1 Å². The minimum Gasteiger partial charge on any atom is -0.496 e. The Morgan fingerprint density at radius 2 is 1.73 bits per heavy atom. The molecule has 2 aliphatic heterocycles. The first-order valence-electron chi connectivity index (χ1n) is 9.22. The monoisotopic (exact) mass is 382 g/mol. The van der Waals surface area contributed by atoms with Crippen LogP contribution in [0.2, 0.25) is 0 Å². The van der Waals surface area contributed by atoms with E-state index in [0.717, 1.165) is 32.4 Å². The molecule has 0 bridgehead atoms. The van der Waals surface area contributed by atoms with E-state index in [0.29, 0.717) is 37.5 Å². The Morgan fingerprint density at radius 1 is 1.08 bits per heavy atom. The van der Waals surface area contributed by atoms with Gasteiger partial charge in [0.25, 0.3) is 5.91 Å². The molecule has 8 heteroatoms. The van der Waals surface area contributed by atoms with Crippen molar-refractivity contribution >= 4 is 15.9 Å². The Hall–Kier alpha value is -1.64. The standard InChI is InChI=1S/C18H27N3O4S/c1-19-10-12-21(13-11-19)26(23,24)15-6-7-17(25-2)16(14-15)18(22)20-8-4-3-5-9-20/h6-7,14H,3-5,8-13H2,1-2H3/p+1. The number of rotatable bonds is 4. The molecule has 0 unspecified atom stereocenters. The quantitative estimate of drug-likeness (QED) is 0.786. The summed E-state index contributed by atoms with van der Waals surface area (Å²) in [6.45, 7) is 3.98. The first kappa shape index (κ1) is 19.1. The summed E-state index contributed by atoms with van der Waals surface area (Å²) in [6.07, 6.45) is 3.09. The molecular weight excluding hydrogens is 354 g/mol. The van der Waals surface area contributed by atoms with Crippen LogP contribution < -0.4 is 9.64 Å². The Morgan fingerprint density at radius 3 is 2.35 bits per heavy atom. The van der Waals surface area contributed by atoms with Crippen molar-refractivity contribution < 1.29 is 22.8 Å². The Kier molecular flexibility index (Phi) is 5.84. The number of quaternary nitrogens is 1. The highest BCUT2D eigenvalue weighted by atomic mass is 32.2. The third kappa shape index (κ3) is 3.87. The summed E-state index contributed by atoms with van der Waals surface area (Å²) in [7, 11) is -0.0415. The number of hydrogen-bond donors (Lipinski definition) is 1. The van der Waals surface area contributed by atoms with Crippen molar-refractivity contribution in [2.45, 2.75) is 24.2 Å². The van der Waals surface area contributed by atoms with Gasteiger partial charge in [0.15, 0.2) is 0 Å². The normalized spacial score (nSPS) is 20.2.